The standard InChI is InChI=1S/C18H20ClN3O7/c1-8-9-5-11(19)13(23)7-14(9)29-17(27)10(8)6-15(24)22-12(16(25)26)3-2-4-21-18(20)28/h5,7,12,23H,2-4,6H2,1H3,(H,22,24)(H,25,26)(H3,20,21,28). The Balaban J connectivity index is 2.15. The third-order valence-corrected chi connectivity index (χ3v) is 4.60. The number of carbonyl (C=O) groups excluding carboxylic acids is 2. The number of aryl methyl sites for hydroxylation is 1. The third kappa shape index (κ3) is 5.61. The number of aliphatic carboxylic acids is 1. The number of fused-ring (bicyclic) bond motifs is 1. The van der Waals surface area contributed by atoms with Gasteiger partial charge in [-0.15, -0.1) is 0 Å². The molecule has 0 fully saturated rings. The number of hydrogen-bond acceptors (Lipinski definition) is 6. The van der Waals surface area contributed by atoms with E-state index in [2.05, 4.69) is 10.6 Å². The molecule has 1 unspecified atom stereocenters. The highest BCUT2D eigenvalue weighted by Crippen LogP contribution is 2.30. The first-order chi connectivity index (χ1) is 13.6. The summed E-state index contributed by atoms with van der Waals surface area (Å²) in [6.45, 7) is 1.76. The van der Waals surface area contributed by atoms with Crippen LogP contribution in [0.15, 0.2) is 21.3 Å². The molecule has 29 heavy (non-hydrogen) atoms. The number of carboxylic acid groups (broad SMARTS) is 1. The molecular formula is C18H20ClN3O7. The monoisotopic (exact) mass is 425 g/mol. The molecule has 2 rings (SSSR count). The van der Waals surface area contributed by atoms with E-state index < -0.39 is 36.0 Å². The SMILES string of the molecule is Cc1c(CC(=O)NC(CCCNC(N)=O)C(=O)O)c(=O)oc2cc(O)c(Cl)cc12. The maximum absolute atomic E-state index is 12.3. The Morgan fingerprint density at radius 2 is 2.00 bits per heavy atom. The summed E-state index contributed by atoms with van der Waals surface area (Å²) in [5.74, 6) is -2.18. The van der Waals surface area contributed by atoms with Gasteiger partial charge < -0.3 is 31.0 Å². The van der Waals surface area contributed by atoms with Gasteiger partial charge in [0.1, 0.15) is 17.4 Å². The molecule has 0 aliphatic rings. The molecule has 2 aromatic rings. The van der Waals surface area contributed by atoms with Crippen LogP contribution in [-0.2, 0) is 16.0 Å². The van der Waals surface area contributed by atoms with Crippen molar-refractivity contribution < 1.29 is 29.0 Å². The lowest BCUT2D eigenvalue weighted by atomic mass is 10.0. The minimum absolute atomic E-state index is 0.0521. The molecule has 1 aromatic heterocycles. The molecule has 11 heteroatoms. The van der Waals surface area contributed by atoms with Crippen molar-refractivity contribution in [2.24, 2.45) is 5.73 Å². The third-order valence-electron chi connectivity index (χ3n) is 4.29. The van der Waals surface area contributed by atoms with Crippen molar-refractivity contribution in [2.75, 3.05) is 6.54 Å². The van der Waals surface area contributed by atoms with Gasteiger partial charge in [0.05, 0.1) is 17.0 Å². The Bertz CT molecular complexity index is 1020. The number of rotatable bonds is 8. The summed E-state index contributed by atoms with van der Waals surface area (Å²) in [5, 5.41) is 24.1. The summed E-state index contributed by atoms with van der Waals surface area (Å²) in [5.41, 5.74) is 4.75. The summed E-state index contributed by atoms with van der Waals surface area (Å²) >= 11 is 5.89. The fourth-order valence-electron chi connectivity index (χ4n) is 2.78. The Morgan fingerprint density at radius 3 is 2.62 bits per heavy atom. The first-order valence-corrected chi connectivity index (χ1v) is 8.98. The molecule has 3 amide bonds. The number of benzene rings is 1. The predicted molar refractivity (Wildman–Crippen MR) is 104 cm³/mol. The number of phenolic OH excluding ortho intramolecular Hbond substituents is 1. The van der Waals surface area contributed by atoms with Gasteiger partial charge in [0.2, 0.25) is 5.91 Å². The zero-order valence-corrected chi connectivity index (χ0v) is 16.2. The van der Waals surface area contributed by atoms with Gasteiger partial charge in [-0.2, -0.15) is 0 Å². The van der Waals surface area contributed by atoms with Crippen LogP contribution >= 0.6 is 11.6 Å². The quantitative estimate of drug-likeness (QED) is 0.310. The molecular weight excluding hydrogens is 406 g/mol. The molecule has 0 radical (unpaired) electrons. The molecule has 1 atom stereocenters. The van der Waals surface area contributed by atoms with Gasteiger partial charge in [0.25, 0.3) is 0 Å². The first-order valence-electron chi connectivity index (χ1n) is 8.60. The highest BCUT2D eigenvalue weighted by Gasteiger charge is 2.22. The Morgan fingerprint density at radius 1 is 1.31 bits per heavy atom. The summed E-state index contributed by atoms with van der Waals surface area (Å²) in [7, 11) is 0. The number of halogens is 1. The molecule has 0 bridgehead atoms. The number of aromatic hydroxyl groups is 1. The second-order valence-electron chi connectivity index (χ2n) is 6.36. The fourth-order valence-corrected chi connectivity index (χ4v) is 2.95. The van der Waals surface area contributed by atoms with Crippen molar-refractivity contribution in [3.8, 4) is 5.75 Å². The second kappa shape index (κ2) is 9.28. The number of carbonyl (C=O) groups is 3. The van der Waals surface area contributed by atoms with Crippen LogP contribution in [0, 0.1) is 6.92 Å². The highest BCUT2D eigenvalue weighted by atomic mass is 35.5. The molecule has 0 saturated carbocycles. The van der Waals surface area contributed by atoms with Crippen molar-refractivity contribution >= 4 is 40.5 Å². The van der Waals surface area contributed by atoms with Crippen LogP contribution < -0.4 is 22.0 Å². The zero-order valence-electron chi connectivity index (χ0n) is 15.5. The van der Waals surface area contributed by atoms with E-state index in [1.165, 1.54) is 12.1 Å². The fraction of sp³-hybridized carbons (Fsp3) is 0.333. The van der Waals surface area contributed by atoms with Crippen LogP contribution in [0.1, 0.15) is 24.0 Å². The number of urea groups is 1. The summed E-state index contributed by atoms with van der Waals surface area (Å²) in [6.07, 6.45) is -0.0627. The number of phenols is 1. The number of amides is 3. The molecule has 1 heterocycles. The van der Waals surface area contributed by atoms with E-state index in [0.29, 0.717) is 10.9 Å². The summed E-state index contributed by atoms with van der Waals surface area (Å²) < 4.78 is 5.14. The summed E-state index contributed by atoms with van der Waals surface area (Å²) in [4.78, 5) is 46.5. The number of nitrogens with one attached hydrogen (secondary N) is 2. The minimum atomic E-state index is -1.25. The number of hydrogen-bond donors (Lipinski definition) is 5. The number of carboxylic acids is 1. The second-order valence-corrected chi connectivity index (χ2v) is 6.77. The van der Waals surface area contributed by atoms with Crippen LogP contribution in [0.5, 0.6) is 5.75 Å². The number of nitrogens with two attached hydrogens (primary N) is 1. The summed E-state index contributed by atoms with van der Waals surface area (Å²) in [6, 6.07) is 0.693. The average Bonchev–Trinajstić information content (AvgIpc) is 2.62. The average molecular weight is 426 g/mol. The van der Waals surface area contributed by atoms with E-state index in [4.69, 9.17) is 21.8 Å². The van der Waals surface area contributed by atoms with Crippen molar-refractivity contribution in [3.63, 3.8) is 0 Å². The normalized spacial score (nSPS) is 11.8. The lowest BCUT2D eigenvalue weighted by molar-refractivity contribution is -0.141. The Hall–Kier alpha value is -3.27. The topological polar surface area (TPSA) is 172 Å². The molecule has 156 valence electrons. The maximum Gasteiger partial charge on any atom is 0.340 e. The largest absolute Gasteiger partial charge is 0.506 e. The van der Waals surface area contributed by atoms with Gasteiger partial charge in [0.15, 0.2) is 0 Å². The van der Waals surface area contributed by atoms with E-state index in [-0.39, 0.29) is 41.3 Å². The lowest BCUT2D eigenvalue weighted by Gasteiger charge is -2.15. The van der Waals surface area contributed by atoms with E-state index in [1.807, 2.05) is 0 Å². The zero-order chi connectivity index (χ0) is 21.7. The van der Waals surface area contributed by atoms with E-state index in [9.17, 15) is 29.4 Å². The van der Waals surface area contributed by atoms with Gasteiger partial charge >= 0.3 is 17.6 Å². The Labute approximate surface area is 169 Å². The van der Waals surface area contributed by atoms with Crippen molar-refractivity contribution in [1.82, 2.24) is 10.6 Å². The van der Waals surface area contributed by atoms with Crippen LogP contribution in [0.4, 0.5) is 4.79 Å². The van der Waals surface area contributed by atoms with Crippen molar-refractivity contribution in [2.45, 2.75) is 32.2 Å². The van der Waals surface area contributed by atoms with Gasteiger partial charge in [-0.3, -0.25) is 4.79 Å². The van der Waals surface area contributed by atoms with Gasteiger partial charge in [-0.05, 0) is 31.4 Å². The number of primary amides is 1. The first kappa shape index (κ1) is 22.0. The van der Waals surface area contributed by atoms with E-state index in [0.717, 1.165) is 0 Å². The molecule has 0 aliphatic carbocycles. The molecule has 0 spiro atoms. The molecule has 6 N–H and O–H groups in total. The van der Waals surface area contributed by atoms with E-state index in [1.54, 1.807) is 6.92 Å². The van der Waals surface area contributed by atoms with Crippen LogP contribution in [0.25, 0.3) is 11.0 Å². The van der Waals surface area contributed by atoms with Crippen molar-refractivity contribution in [1.29, 1.82) is 0 Å². The lowest BCUT2D eigenvalue weighted by Crippen LogP contribution is -2.42. The maximum atomic E-state index is 12.3. The van der Waals surface area contributed by atoms with Gasteiger partial charge in [-0.1, -0.05) is 11.6 Å². The highest BCUT2D eigenvalue weighted by molar-refractivity contribution is 6.32. The molecule has 0 saturated heterocycles. The molecule has 0 aliphatic heterocycles. The van der Waals surface area contributed by atoms with Crippen molar-refractivity contribution in [3.05, 3.63) is 38.7 Å². The predicted octanol–water partition coefficient (Wildman–Crippen LogP) is 1.02. The van der Waals surface area contributed by atoms with Crippen LogP contribution in [0.2, 0.25) is 5.02 Å². The molecule has 10 nitrogen and oxygen atoms in total. The van der Waals surface area contributed by atoms with E-state index >= 15 is 0 Å². The minimum Gasteiger partial charge on any atom is -0.506 e. The smallest absolute Gasteiger partial charge is 0.340 e. The van der Waals surface area contributed by atoms with Gasteiger partial charge in [0, 0.05) is 18.0 Å². The van der Waals surface area contributed by atoms with Crippen LogP contribution in [0.3, 0.4) is 0 Å². The van der Waals surface area contributed by atoms with Gasteiger partial charge in [-0.25, -0.2) is 14.4 Å². The Kier molecular flexibility index (Phi) is 7.05. The molecule has 1 aromatic carbocycles. The van der Waals surface area contributed by atoms with Crippen LogP contribution in [-0.4, -0.2) is 40.7 Å².